The Morgan fingerprint density at radius 3 is 1.32 bits per heavy atom. The number of pyridine rings is 2. The van der Waals surface area contributed by atoms with Crippen LogP contribution >= 0.6 is 0 Å². The van der Waals surface area contributed by atoms with Crippen molar-refractivity contribution in [3.8, 4) is 22.3 Å². The molecule has 0 unspecified atom stereocenters. The maximum atomic E-state index is 11.8. The number of benzene rings is 5. The minimum absolute atomic E-state index is 0. The van der Waals surface area contributed by atoms with Gasteiger partial charge in [-0.3, -0.25) is 14.8 Å². The molecule has 0 spiro atoms. The first-order valence-corrected chi connectivity index (χ1v) is 14.0. The first kappa shape index (κ1) is 31.1. The summed E-state index contributed by atoms with van der Waals surface area (Å²) >= 11 is 0. The molecule has 1 N–H and O–H groups in total. The summed E-state index contributed by atoms with van der Waals surface area (Å²) in [4.78, 5) is 21.1. The predicted octanol–water partition coefficient (Wildman–Crippen LogP) is 9.59. The molecule has 0 saturated heterocycles. The van der Waals surface area contributed by atoms with Crippen molar-refractivity contribution in [2.24, 2.45) is 0 Å². The number of hydrogen-bond acceptors (Lipinski definition) is 4. The van der Waals surface area contributed by atoms with Gasteiger partial charge < -0.3 is 5.11 Å². The average Bonchev–Trinajstić information content (AvgIpc) is 3.09. The van der Waals surface area contributed by atoms with Gasteiger partial charge in [0.15, 0.2) is 5.78 Å². The van der Waals surface area contributed by atoms with Crippen molar-refractivity contribution >= 4 is 33.3 Å². The molecule has 2 heterocycles. The Labute approximate surface area is 297 Å². The van der Waals surface area contributed by atoms with Gasteiger partial charge in [-0.25, -0.2) is 0 Å². The number of carbonyl (C=O) groups excluding carboxylic acids is 1. The number of hydrogen-bond donors (Lipinski definition) is 1. The van der Waals surface area contributed by atoms with Crippen molar-refractivity contribution in [1.82, 2.24) is 9.97 Å². The molecule has 2 aromatic heterocycles. The van der Waals surface area contributed by atoms with Crippen LogP contribution in [0.2, 0.25) is 0 Å². The molecule has 5 aromatic carbocycles. The zero-order valence-electron chi connectivity index (χ0n) is 23.7. The largest absolute Gasteiger partial charge is 0.507 e. The molecule has 0 aliphatic heterocycles. The zero-order valence-corrected chi connectivity index (χ0v) is 26.1. The Morgan fingerprint density at radius 1 is 0.500 bits per heavy atom. The van der Waals surface area contributed by atoms with E-state index in [1.165, 1.54) is 28.3 Å². The van der Waals surface area contributed by atoms with Gasteiger partial charge in [-0.2, -0.15) is 0 Å². The van der Waals surface area contributed by atoms with E-state index >= 15 is 0 Å². The van der Waals surface area contributed by atoms with E-state index in [1.54, 1.807) is 36.4 Å². The Morgan fingerprint density at radius 2 is 0.886 bits per heavy atom. The Hall–Kier alpha value is -4.29. The summed E-state index contributed by atoms with van der Waals surface area (Å²) in [6, 6.07) is 47.2. The molecule has 1 radical (unpaired) electrons. The SMILES string of the molecule is O=C(C=C(O)c1ccccc1)c1ccccc1.[Eu].c1ccc(-c2ccnc3c2ccc2c(-c4ccccc4)ccnc23)cc1. The van der Waals surface area contributed by atoms with Crippen LogP contribution in [0.4, 0.5) is 0 Å². The molecule has 0 aliphatic carbocycles. The second-order valence-electron chi connectivity index (χ2n) is 9.93. The van der Waals surface area contributed by atoms with Crippen LogP contribution in [0.3, 0.4) is 0 Å². The molecule has 0 amide bonds. The molecule has 7 rings (SSSR count). The molecule has 0 aliphatic rings. The van der Waals surface area contributed by atoms with Crippen LogP contribution in [0.15, 0.2) is 164 Å². The van der Waals surface area contributed by atoms with Crippen LogP contribution in [0.5, 0.6) is 0 Å². The summed E-state index contributed by atoms with van der Waals surface area (Å²) in [5, 5.41) is 12.0. The molecule has 0 atom stereocenters. The Bertz CT molecular complexity index is 1930. The summed E-state index contributed by atoms with van der Waals surface area (Å²) in [7, 11) is 0. The second kappa shape index (κ2) is 14.9. The van der Waals surface area contributed by atoms with Gasteiger partial charge in [-0.05, 0) is 34.4 Å². The third-order valence-corrected chi connectivity index (χ3v) is 7.19. The van der Waals surface area contributed by atoms with E-state index in [2.05, 4.69) is 82.8 Å². The first-order valence-electron chi connectivity index (χ1n) is 14.0. The fourth-order valence-corrected chi connectivity index (χ4v) is 5.07. The van der Waals surface area contributed by atoms with Gasteiger partial charge in [0, 0.05) is 89.7 Å². The average molecular weight is 709 g/mol. The van der Waals surface area contributed by atoms with Crippen LogP contribution < -0.4 is 0 Å². The molecule has 44 heavy (non-hydrogen) atoms. The molecule has 7 aromatic rings. The summed E-state index contributed by atoms with van der Waals surface area (Å²) in [5.41, 5.74) is 7.85. The molecule has 5 heteroatoms. The van der Waals surface area contributed by atoms with Crippen LogP contribution in [-0.2, 0) is 0 Å². The maximum absolute atomic E-state index is 11.8. The van der Waals surface area contributed by atoms with Crippen molar-refractivity contribution in [1.29, 1.82) is 0 Å². The summed E-state index contributed by atoms with van der Waals surface area (Å²) in [6.45, 7) is 0. The third-order valence-electron chi connectivity index (χ3n) is 7.19. The Balaban J connectivity index is 0.000000187. The molecular weight excluding hydrogens is 680 g/mol. The number of aromatic nitrogens is 2. The first-order chi connectivity index (χ1) is 21.2. The van der Waals surface area contributed by atoms with Crippen LogP contribution in [0.25, 0.3) is 49.8 Å². The number of aliphatic hydroxyl groups is 1. The van der Waals surface area contributed by atoms with Crippen molar-refractivity contribution in [3.05, 3.63) is 175 Å². The number of allylic oxidation sites excluding steroid dienone is 1. The van der Waals surface area contributed by atoms with Gasteiger partial charge in [0.05, 0.1) is 11.0 Å². The van der Waals surface area contributed by atoms with E-state index in [9.17, 15) is 9.90 Å². The fraction of sp³-hybridized carbons (Fsp3) is 0. The topological polar surface area (TPSA) is 63.1 Å². The fourth-order valence-electron chi connectivity index (χ4n) is 5.07. The van der Waals surface area contributed by atoms with Crippen molar-refractivity contribution in [3.63, 3.8) is 0 Å². The third kappa shape index (κ3) is 7.08. The number of ketones is 1. The van der Waals surface area contributed by atoms with E-state index in [-0.39, 0.29) is 60.9 Å². The van der Waals surface area contributed by atoms with Crippen molar-refractivity contribution < 1.29 is 59.3 Å². The maximum Gasteiger partial charge on any atom is 0.189 e. The van der Waals surface area contributed by atoms with Gasteiger partial charge in [-0.15, -0.1) is 0 Å². The van der Waals surface area contributed by atoms with Gasteiger partial charge in [0.2, 0.25) is 0 Å². The van der Waals surface area contributed by atoms with Gasteiger partial charge in [0.25, 0.3) is 0 Å². The zero-order chi connectivity index (χ0) is 29.4. The summed E-state index contributed by atoms with van der Waals surface area (Å²) in [5.74, 6) is -0.216. The number of aliphatic hydroxyl groups excluding tert-OH is 1. The normalized spacial score (nSPS) is 10.9. The van der Waals surface area contributed by atoms with Gasteiger partial charge in [-0.1, -0.05) is 133 Å². The summed E-state index contributed by atoms with van der Waals surface area (Å²) < 4.78 is 0. The van der Waals surface area contributed by atoms with Crippen molar-refractivity contribution in [2.75, 3.05) is 0 Å². The molecule has 213 valence electrons. The monoisotopic (exact) mass is 709 g/mol. The van der Waals surface area contributed by atoms with Crippen LogP contribution in [0.1, 0.15) is 15.9 Å². The van der Waals surface area contributed by atoms with E-state index in [0.717, 1.165) is 21.8 Å². The minimum atomic E-state index is -0.202. The summed E-state index contributed by atoms with van der Waals surface area (Å²) in [6.07, 6.45) is 4.99. The van der Waals surface area contributed by atoms with Crippen LogP contribution in [-0.4, -0.2) is 20.9 Å². The number of fused-ring (bicyclic) bond motifs is 3. The number of nitrogens with zero attached hydrogens (tertiary/aromatic N) is 2. The van der Waals surface area contributed by atoms with E-state index in [1.807, 2.05) is 48.8 Å². The molecule has 0 saturated carbocycles. The van der Waals surface area contributed by atoms with Crippen molar-refractivity contribution in [2.45, 2.75) is 0 Å². The number of carbonyl (C=O) groups is 1. The van der Waals surface area contributed by atoms with E-state index < -0.39 is 0 Å². The smallest absolute Gasteiger partial charge is 0.189 e. The molecule has 4 nitrogen and oxygen atoms in total. The standard InChI is InChI=1S/C24H16N2.C15H12O2.Eu/c1-3-7-17(8-4-1)19-13-15-25-23-21(19)11-12-22-20(14-16-26-24(22)23)18-9-5-2-6-10-18;16-14(12-7-3-1-4-8-12)11-15(17)13-9-5-2-6-10-13;/h1-16H;1-11,16H;. The Kier molecular flexibility index (Phi) is 10.6. The van der Waals surface area contributed by atoms with Gasteiger partial charge >= 0.3 is 0 Å². The second-order valence-corrected chi connectivity index (χ2v) is 9.93. The molecule has 0 bridgehead atoms. The van der Waals surface area contributed by atoms with Crippen LogP contribution in [0, 0.1) is 49.4 Å². The molecule has 0 fully saturated rings. The predicted molar refractivity (Wildman–Crippen MR) is 176 cm³/mol. The van der Waals surface area contributed by atoms with E-state index in [0.29, 0.717) is 11.1 Å². The van der Waals surface area contributed by atoms with E-state index in [4.69, 9.17) is 0 Å². The number of rotatable bonds is 5. The molecular formula is C39H28EuN2O2. The quantitative estimate of drug-likeness (QED) is 0.0838. The minimum Gasteiger partial charge on any atom is -0.507 e. The van der Waals surface area contributed by atoms with Gasteiger partial charge in [0.1, 0.15) is 5.76 Å².